The van der Waals surface area contributed by atoms with Crippen molar-refractivity contribution in [3.8, 4) is 5.75 Å². The molecule has 1 aromatic carbocycles. The molecule has 2 N–H and O–H groups in total. The fraction of sp³-hybridized carbons (Fsp3) is 0.389. The number of hydrogen-bond acceptors (Lipinski definition) is 4. The molecule has 2 aromatic rings. The Kier molecular flexibility index (Phi) is 6.62. The third kappa shape index (κ3) is 5.37. The predicted octanol–water partition coefficient (Wildman–Crippen LogP) is 3.41. The van der Waals surface area contributed by atoms with Gasteiger partial charge in [0.25, 0.3) is 5.91 Å². The largest absolute Gasteiger partial charge is 0.483 e. The number of carbonyl (C=O) groups is 1. The molecule has 4 nitrogen and oxygen atoms in total. The van der Waals surface area contributed by atoms with Gasteiger partial charge < -0.3 is 10.5 Å². The van der Waals surface area contributed by atoms with Crippen molar-refractivity contribution in [1.82, 2.24) is 4.90 Å². The zero-order valence-electron chi connectivity index (χ0n) is 13.7. The first-order chi connectivity index (χ1) is 11.1. The van der Waals surface area contributed by atoms with Crippen LogP contribution >= 0.6 is 11.3 Å². The molecule has 1 heterocycles. The average Bonchev–Trinajstić information content (AvgIpc) is 3.05. The van der Waals surface area contributed by atoms with Gasteiger partial charge >= 0.3 is 0 Å². The van der Waals surface area contributed by atoms with Crippen LogP contribution in [0.15, 0.2) is 41.1 Å². The molecule has 1 aromatic heterocycles. The van der Waals surface area contributed by atoms with Crippen LogP contribution in [0, 0.1) is 0 Å². The zero-order chi connectivity index (χ0) is 16.7. The molecule has 0 fully saturated rings. The number of primary amides is 1. The van der Waals surface area contributed by atoms with Crippen LogP contribution in [-0.2, 0) is 17.9 Å². The first-order valence-corrected chi connectivity index (χ1v) is 8.78. The van der Waals surface area contributed by atoms with Crippen LogP contribution in [0.4, 0.5) is 0 Å². The van der Waals surface area contributed by atoms with Crippen molar-refractivity contribution < 1.29 is 9.53 Å². The highest BCUT2D eigenvalue weighted by Crippen LogP contribution is 2.23. The van der Waals surface area contributed by atoms with Crippen LogP contribution in [0.25, 0.3) is 0 Å². The van der Waals surface area contributed by atoms with Crippen molar-refractivity contribution in [3.63, 3.8) is 0 Å². The third-order valence-electron chi connectivity index (χ3n) is 3.90. The van der Waals surface area contributed by atoms with Crippen molar-refractivity contribution >= 4 is 17.2 Å². The summed E-state index contributed by atoms with van der Waals surface area (Å²) in [5.41, 5.74) is 7.58. The topological polar surface area (TPSA) is 55.6 Å². The number of thiophene rings is 1. The van der Waals surface area contributed by atoms with E-state index in [1.54, 1.807) is 11.3 Å². The van der Waals surface area contributed by atoms with Gasteiger partial charge in [0.2, 0.25) is 0 Å². The fourth-order valence-electron chi connectivity index (χ4n) is 2.39. The summed E-state index contributed by atoms with van der Waals surface area (Å²) in [7, 11) is 0. The molecular formula is C18H24N2O2S. The molecule has 2 rings (SSSR count). The van der Waals surface area contributed by atoms with E-state index in [9.17, 15) is 4.79 Å². The van der Waals surface area contributed by atoms with E-state index in [2.05, 4.69) is 35.6 Å². The van der Waals surface area contributed by atoms with Gasteiger partial charge in [-0.05, 0) is 41.8 Å². The normalized spacial score (nSPS) is 12.3. The Balaban J connectivity index is 2.13. The van der Waals surface area contributed by atoms with E-state index in [0.29, 0.717) is 6.04 Å². The maximum atomic E-state index is 11.0. The molecule has 0 unspecified atom stereocenters. The molecule has 0 saturated carbocycles. The minimum Gasteiger partial charge on any atom is -0.483 e. The molecule has 0 bridgehead atoms. The van der Waals surface area contributed by atoms with Gasteiger partial charge in [0.1, 0.15) is 5.75 Å². The minimum atomic E-state index is -0.461. The van der Waals surface area contributed by atoms with Crippen molar-refractivity contribution in [3.05, 3.63) is 52.2 Å². The molecule has 23 heavy (non-hydrogen) atoms. The number of amides is 1. The lowest BCUT2D eigenvalue weighted by Gasteiger charge is -2.29. The summed E-state index contributed by atoms with van der Waals surface area (Å²) in [6, 6.07) is 10.4. The number of ether oxygens (including phenoxy) is 1. The average molecular weight is 332 g/mol. The second-order valence-corrected chi connectivity index (χ2v) is 6.44. The van der Waals surface area contributed by atoms with Gasteiger partial charge in [0, 0.05) is 24.7 Å². The van der Waals surface area contributed by atoms with E-state index < -0.39 is 5.91 Å². The minimum absolute atomic E-state index is 0.0924. The smallest absolute Gasteiger partial charge is 0.255 e. The maximum absolute atomic E-state index is 11.0. The van der Waals surface area contributed by atoms with Crippen molar-refractivity contribution in [2.24, 2.45) is 5.73 Å². The summed E-state index contributed by atoms with van der Waals surface area (Å²) in [5, 5.41) is 4.29. The number of hydrogen-bond donors (Lipinski definition) is 1. The highest BCUT2D eigenvalue weighted by molar-refractivity contribution is 7.07. The summed E-state index contributed by atoms with van der Waals surface area (Å²) in [4.78, 5) is 13.4. The summed E-state index contributed by atoms with van der Waals surface area (Å²) < 4.78 is 5.55. The maximum Gasteiger partial charge on any atom is 0.255 e. The lowest BCUT2D eigenvalue weighted by atomic mass is 10.1. The molecular weight excluding hydrogens is 308 g/mol. The van der Waals surface area contributed by atoms with Gasteiger partial charge in [-0.25, -0.2) is 0 Å². The van der Waals surface area contributed by atoms with E-state index in [0.717, 1.165) is 30.8 Å². The van der Waals surface area contributed by atoms with E-state index in [1.807, 2.05) is 24.3 Å². The number of nitrogens with two attached hydrogens (primary N) is 1. The van der Waals surface area contributed by atoms with Crippen LogP contribution in [-0.4, -0.2) is 23.5 Å². The fourth-order valence-corrected chi connectivity index (χ4v) is 3.05. The first-order valence-electron chi connectivity index (χ1n) is 7.84. The summed E-state index contributed by atoms with van der Waals surface area (Å²) in [6.07, 6.45) is 1.08. The molecule has 0 radical (unpaired) electrons. The van der Waals surface area contributed by atoms with E-state index in [1.165, 1.54) is 5.56 Å². The molecule has 1 amide bonds. The van der Waals surface area contributed by atoms with Crippen LogP contribution in [0.1, 0.15) is 31.4 Å². The van der Waals surface area contributed by atoms with Crippen molar-refractivity contribution in [1.29, 1.82) is 0 Å². The van der Waals surface area contributed by atoms with Crippen LogP contribution in [0.3, 0.4) is 0 Å². The number of benzene rings is 1. The van der Waals surface area contributed by atoms with E-state index in [-0.39, 0.29) is 6.61 Å². The van der Waals surface area contributed by atoms with Crippen LogP contribution in [0.2, 0.25) is 0 Å². The molecule has 1 atom stereocenters. The number of carbonyl (C=O) groups excluding carboxylic acids is 1. The Morgan fingerprint density at radius 3 is 2.74 bits per heavy atom. The van der Waals surface area contributed by atoms with Crippen molar-refractivity contribution in [2.75, 3.05) is 6.61 Å². The third-order valence-corrected chi connectivity index (χ3v) is 4.63. The van der Waals surface area contributed by atoms with E-state index >= 15 is 0 Å². The highest BCUT2D eigenvalue weighted by Gasteiger charge is 2.16. The number of nitrogens with zero attached hydrogens (tertiary/aromatic N) is 1. The molecule has 0 aliphatic heterocycles. The zero-order valence-corrected chi connectivity index (χ0v) is 14.5. The van der Waals surface area contributed by atoms with E-state index in [4.69, 9.17) is 10.5 Å². The Hall–Kier alpha value is -1.85. The van der Waals surface area contributed by atoms with Crippen LogP contribution < -0.4 is 10.5 Å². The second kappa shape index (κ2) is 8.70. The predicted molar refractivity (Wildman–Crippen MR) is 94.5 cm³/mol. The lowest BCUT2D eigenvalue weighted by Crippen LogP contribution is -2.31. The standard InChI is InChI=1S/C18H24N2O2S/c1-3-14(2)20(10-15-8-9-23-13-15)11-16-6-4-5-7-17(16)22-12-18(19)21/h4-9,13-14H,3,10-12H2,1-2H3,(H2,19,21)/t14-/m0/s1. The van der Waals surface area contributed by atoms with Crippen molar-refractivity contribution in [2.45, 2.75) is 39.4 Å². The Bertz CT molecular complexity index is 613. The number of rotatable bonds is 9. The van der Waals surface area contributed by atoms with Gasteiger partial charge in [-0.15, -0.1) is 0 Å². The molecule has 124 valence electrons. The monoisotopic (exact) mass is 332 g/mol. The Morgan fingerprint density at radius 2 is 2.09 bits per heavy atom. The molecule has 0 saturated heterocycles. The summed E-state index contributed by atoms with van der Waals surface area (Å²) >= 11 is 1.72. The van der Waals surface area contributed by atoms with Gasteiger partial charge in [-0.2, -0.15) is 11.3 Å². The molecule has 5 heteroatoms. The molecule has 0 aliphatic carbocycles. The molecule has 0 aliphatic rings. The number of para-hydroxylation sites is 1. The first kappa shape index (κ1) is 17.5. The Morgan fingerprint density at radius 1 is 1.30 bits per heavy atom. The SMILES string of the molecule is CC[C@H](C)N(Cc1ccsc1)Cc1ccccc1OCC(N)=O. The summed E-state index contributed by atoms with van der Waals surface area (Å²) in [6.45, 7) is 6.02. The van der Waals surface area contributed by atoms with Gasteiger partial charge in [0.15, 0.2) is 6.61 Å². The van der Waals surface area contributed by atoms with Gasteiger partial charge in [-0.1, -0.05) is 25.1 Å². The highest BCUT2D eigenvalue weighted by atomic mass is 32.1. The second-order valence-electron chi connectivity index (χ2n) is 5.66. The van der Waals surface area contributed by atoms with Crippen LogP contribution in [0.5, 0.6) is 5.75 Å². The quantitative estimate of drug-likeness (QED) is 0.765. The lowest BCUT2D eigenvalue weighted by molar-refractivity contribution is -0.119. The Labute approximate surface area is 141 Å². The molecule has 0 spiro atoms. The van der Waals surface area contributed by atoms with Gasteiger partial charge in [0.05, 0.1) is 0 Å². The summed E-state index contributed by atoms with van der Waals surface area (Å²) in [5.74, 6) is 0.266. The van der Waals surface area contributed by atoms with Gasteiger partial charge in [-0.3, -0.25) is 9.69 Å².